The normalized spacial score (nSPS) is 9.00. The quantitative estimate of drug-likeness (QED) is 0.332. The second-order valence-electron chi connectivity index (χ2n) is 2.68. The standard InChI is InChI=1S/C11H12ClN/c12-9-5-1-2-6-10-7-3-4-8-11(10)13/h3-4,7-8H,1,5,9,13H2. The van der Waals surface area contributed by atoms with Gasteiger partial charge in [0.25, 0.3) is 0 Å². The van der Waals surface area contributed by atoms with E-state index < -0.39 is 0 Å². The van der Waals surface area contributed by atoms with Crippen LogP contribution in [-0.4, -0.2) is 5.88 Å². The fourth-order valence-corrected chi connectivity index (χ4v) is 1.06. The smallest absolute Gasteiger partial charge is 0.0474 e. The minimum absolute atomic E-state index is 0.666. The average molecular weight is 194 g/mol. The van der Waals surface area contributed by atoms with Crippen LogP contribution in [0.5, 0.6) is 0 Å². The number of benzene rings is 1. The number of anilines is 1. The van der Waals surface area contributed by atoms with Crippen LogP contribution >= 0.6 is 11.6 Å². The molecule has 0 aliphatic rings. The Hall–Kier alpha value is -1.13. The van der Waals surface area contributed by atoms with Gasteiger partial charge in [-0.1, -0.05) is 24.0 Å². The molecule has 0 spiro atoms. The van der Waals surface area contributed by atoms with E-state index in [1.807, 2.05) is 24.3 Å². The molecule has 0 saturated heterocycles. The lowest BCUT2D eigenvalue weighted by Gasteiger charge is -1.94. The second-order valence-corrected chi connectivity index (χ2v) is 3.06. The van der Waals surface area contributed by atoms with Gasteiger partial charge in [-0.2, -0.15) is 0 Å². The minimum Gasteiger partial charge on any atom is -0.398 e. The maximum absolute atomic E-state index is 5.71. The molecule has 0 atom stereocenters. The number of unbranched alkanes of at least 4 members (excludes halogenated alkanes) is 1. The first-order valence-electron chi connectivity index (χ1n) is 4.24. The van der Waals surface area contributed by atoms with Crippen molar-refractivity contribution in [2.45, 2.75) is 12.8 Å². The van der Waals surface area contributed by atoms with Crippen LogP contribution in [0.4, 0.5) is 5.69 Å². The van der Waals surface area contributed by atoms with Crippen LogP contribution < -0.4 is 5.73 Å². The Morgan fingerprint density at radius 2 is 2.08 bits per heavy atom. The summed E-state index contributed by atoms with van der Waals surface area (Å²) in [5.74, 6) is 6.71. The van der Waals surface area contributed by atoms with Gasteiger partial charge in [0.2, 0.25) is 0 Å². The number of nitrogens with two attached hydrogens (primary N) is 1. The van der Waals surface area contributed by atoms with Crippen LogP contribution in [0.15, 0.2) is 24.3 Å². The Morgan fingerprint density at radius 3 is 2.77 bits per heavy atom. The number of rotatable bonds is 2. The Labute approximate surface area is 83.9 Å². The SMILES string of the molecule is Nc1ccccc1C#CCCCCl. The number of para-hydroxylation sites is 1. The van der Waals surface area contributed by atoms with Gasteiger partial charge in [-0.05, 0) is 18.6 Å². The Balaban J connectivity index is 2.61. The lowest BCUT2D eigenvalue weighted by Crippen LogP contribution is -1.88. The number of hydrogen-bond donors (Lipinski definition) is 1. The summed E-state index contributed by atoms with van der Waals surface area (Å²) in [5.41, 5.74) is 7.34. The van der Waals surface area contributed by atoms with Crippen LogP contribution in [0.2, 0.25) is 0 Å². The van der Waals surface area contributed by atoms with Gasteiger partial charge < -0.3 is 5.73 Å². The third-order valence-corrected chi connectivity index (χ3v) is 1.89. The van der Waals surface area contributed by atoms with Crippen LogP contribution in [-0.2, 0) is 0 Å². The van der Waals surface area contributed by atoms with E-state index in [2.05, 4.69) is 11.8 Å². The molecule has 68 valence electrons. The summed E-state index contributed by atoms with van der Waals surface area (Å²) in [5, 5.41) is 0. The molecule has 13 heavy (non-hydrogen) atoms. The van der Waals surface area contributed by atoms with E-state index in [1.165, 1.54) is 0 Å². The van der Waals surface area contributed by atoms with Gasteiger partial charge in [-0.15, -0.1) is 11.6 Å². The van der Waals surface area contributed by atoms with E-state index in [1.54, 1.807) is 0 Å². The highest BCUT2D eigenvalue weighted by atomic mass is 35.5. The van der Waals surface area contributed by atoms with Crippen LogP contribution in [0.1, 0.15) is 18.4 Å². The van der Waals surface area contributed by atoms with Crippen LogP contribution in [0.25, 0.3) is 0 Å². The van der Waals surface area contributed by atoms with Crippen molar-refractivity contribution in [3.63, 3.8) is 0 Å². The topological polar surface area (TPSA) is 26.0 Å². The fourth-order valence-electron chi connectivity index (χ4n) is 0.924. The van der Waals surface area contributed by atoms with E-state index in [0.717, 1.165) is 24.1 Å². The van der Waals surface area contributed by atoms with Gasteiger partial charge in [-0.25, -0.2) is 0 Å². The number of halogens is 1. The number of nitrogen functional groups attached to an aromatic ring is 1. The highest BCUT2D eigenvalue weighted by Gasteiger charge is 1.90. The van der Waals surface area contributed by atoms with Crippen molar-refractivity contribution in [2.24, 2.45) is 0 Å². The fraction of sp³-hybridized carbons (Fsp3) is 0.273. The van der Waals surface area contributed by atoms with Crippen molar-refractivity contribution >= 4 is 17.3 Å². The first-order chi connectivity index (χ1) is 6.34. The minimum atomic E-state index is 0.666. The number of alkyl halides is 1. The highest BCUT2D eigenvalue weighted by Crippen LogP contribution is 2.08. The maximum atomic E-state index is 5.71. The lowest BCUT2D eigenvalue weighted by molar-refractivity contribution is 0.991. The molecule has 0 radical (unpaired) electrons. The first-order valence-corrected chi connectivity index (χ1v) is 4.77. The molecule has 1 aromatic rings. The van der Waals surface area contributed by atoms with Crippen molar-refractivity contribution in [3.8, 4) is 11.8 Å². The van der Waals surface area contributed by atoms with E-state index in [0.29, 0.717) is 5.88 Å². The molecule has 0 aromatic heterocycles. The Bertz CT molecular complexity index is 322. The van der Waals surface area contributed by atoms with Crippen molar-refractivity contribution in [3.05, 3.63) is 29.8 Å². The molecule has 0 fully saturated rings. The molecule has 0 aliphatic carbocycles. The zero-order chi connectivity index (χ0) is 9.52. The third kappa shape index (κ3) is 3.40. The van der Waals surface area contributed by atoms with E-state index >= 15 is 0 Å². The molecule has 0 heterocycles. The largest absolute Gasteiger partial charge is 0.398 e. The Kier molecular flexibility index (Phi) is 4.21. The molecular weight excluding hydrogens is 182 g/mol. The predicted molar refractivity (Wildman–Crippen MR) is 57.7 cm³/mol. The van der Waals surface area contributed by atoms with Crippen LogP contribution in [0.3, 0.4) is 0 Å². The first kappa shape index (κ1) is 9.95. The summed E-state index contributed by atoms with van der Waals surface area (Å²) < 4.78 is 0. The van der Waals surface area contributed by atoms with Gasteiger partial charge in [0, 0.05) is 23.6 Å². The molecular formula is C11H12ClN. The summed E-state index contributed by atoms with van der Waals surface area (Å²) in [6.07, 6.45) is 1.76. The molecule has 2 N–H and O–H groups in total. The molecule has 0 saturated carbocycles. The molecule has 0 amide bonds. The maximum Gasteiger partial charge on any atom is 0.0474 e. The van der Waals surface area contributed by atoms with Gasteiger partial charge in [0.15, 0.2) is 0 Å². The van der Waals surface area contributed by atoms with E-state index in [9.17, 15) is 0 Å². The van der Waals surface area contributed by atoms with Crippen molar-refractivity contribution in [1.82, 2.24) is 0 Å². The Morgan fingerprint density at radius 1 is 1.31 bits per heavy atom. The van der Waals surface area contributed by atoms with Gasteiger partial charge >= 0.3 is 0 Å². The number of hydrogen-bond acceptors (Lipinski definition) is 1. The summed E-state index contributed by atoms with van der Waals surface area (Å²) in [7, 11) is 0. The van der Waals surface area contributed by atoms with Gasteiger partial charge in [0.1, 0.15) is 0 Å². The van der Waals surface area contributed by atoms with Gasteiger partial charge in [0.05, 0.1) is 0 Å². The molecule has 1 aromatic carbocycles. The van der Waals surface area contributed by atoms with Gasteiger partial charge in [-0.3, -0.25) is 0 Å². The molecule has 1 rings (SSSR count). The van der Waals surface area contributed by atoms with Crippen molar-refractivity contribution in [1.29, 1.82) is 0 Å². The molecule has 0 aliphatic heterocycles. The molecule has 0 unspecified atom stereocenters. The monoisotopic (exact) mass is 193 g/mol. The third-order valence-electron chi connectivity index (χ3n) is 1.62. The second kappa shape index (κ2) is 5.50. The zero-order valence-corrected chi connectivity index (χ0v) is 8.14. The van der Waals surface area contributed by atoms with E-state index in [4.69, 9.17) is 17.3 Å². The van der Waals surface area contributed by atoms with Crippen molar-refractivity contribution in [2.75, 3.05) is 11.6 Å². The van der Waals surface area contributed by atoms with E-state index in [-0.39, 0.29) is 0 Å². The predicted octanol–water partition coefficient (Wildman–Crippen LogP) is 2.64. The van der Waals surface area contributed by atoms with Crippen LogP contribution in [0, 0.1) is 11.8 Å². The average Bonchev–Trinajstić information content (AvgIpc) is 2.15. The zero-order valence-electron chi connectivity index (χ0n) is 7.39. The highest BCUT2D eigenvalue weighted by molar-refractivity contribution is 6.17. The summed E-state index contributed by atoms with van der Waals surface area (Å²) >= 11 is 5.52. The molecule has 1 nitrogen and oxygen atoms in total. The summed E-state index contributed by atoms with van der Waals surface area (Å²) in [4.78, 5) is 0. The molecule has 0 bridgehead atoms. The molecule has 2 heteroatoms. The van der Waals surface area contributed by atoms with Crippen molar-refractivity contribution < 1.29 is 0 Å². The summed E-state index contributed by atoms with van der Waals surface area (Å²) in [6.45, 7) is 0. The lowest BCUT2D eigenvalue weighted by atomic mass is 10.2. The summed E-state index contributed by atoms with van der Waals surface area (Å²) in [6, 6.07) is 7.61.